The normalized spacial score (nSPS) is 11.4. The van der Waals surface area contributed by atoms with Gasteiger partial charge in [0.15, 0.2) is 0 Å². The number of carboxylic acids is 1. The third-order valence-corrected chi connectivity index (χ3v) is 2.79. The van der Waals surface area contributed by atoms with E-state index < -0.39 is 11.8 Å². The Morgan fingerprint density at radius 3 is 2.63 bits per heavy atom. The minimum absolute atomic E-state index is 0.0345. The zero-order valence-electron chi connectivity index (χ0n) is 9.68. The first-order chi connectivity index (χ1) is 9.09. The van der Waals surface area contributed by atoms with Crippen molar-refractivity contribution in [2.24, 2.45) is 0 Å². The smallest absolute Gasteiger partial charge is 0.337 e. The first kappa shape index (κ1) is 13.2. The molecule has 1 aromatic heterocycles. The van der Waals surface area contributed by atoms with Crippen LogP contribution in [-0.2, 0) is 4.79 Å². The zero-order valence-corrected chi connectivity index (χ0v) is 10.4. The second kappa shape index (κ2) is 5.63. The predicted molar refractivity (Wildman–Crippen MR) is 71.2 cm³/mol. The molecule has 0 amide bonds. The zero-order chi connectivity index (χ0) is 13.8. The minimum Gasteiger partial charge on any atom is -0.478 e. The van der Waals surface area contributed by atoms with Gasteiger partial charge in [0.25, 0.3) is 0 Å². The molecule has 0 saturated heterocycles. The molecule has 0 fully saturated rings. The van der Waals surface area contributed by atoms with Crippen molar-refractivity contribution in [1.29, 1.82) is 0 Å². The average Bonchev–Trinajstić information content (AvgIpc) is 2.39. The fraction of sp³-hybridized carbons (Fsp3) is 0. The third kappa shape index (κ3) is 2.98. The maximum Gasteiger partial charge on any atom is 0.337 e. The molecule has 0 unspecified atom stereocenters. The number of hydrogen-bond acceptors (Lipinski definition) is 2. The quantitative estimate of drug-likeness (QED) is 0.874. The number of benzene rings is 1. The standard InChI is InChI=1S/C14H9ClFNO2/c15-11-4-3-5-12(16)9(11)8-10(14(18)19)13-6-1-2-7-17-13/h1-8H,(H,18,19)/b10-8+. The maximum absolute atomic E-state index is 13.6. The fourth-order valence-electron chi connectivity index (χ4n) is 1.56. The van der Waals surface area contributed by atoms with E-state index in [0.29, 0.717) is 0 Å². The molecule has 96 valence electrons. The summed E-state index contributed by atoms with van der Waals surface area (Å²) in [4.78, 5) is 15.2. The van der Waals surface area contributed by atoms with E-state index in [1.807, 2.05) is 0 Å². The molecule has 1 heterocycles. The molecule has 0 radical (unpaired) electrons. The van der Waals surface area contributed by atoms with E-state index in [1.54, 1.807) is 12.1 Å². The molecule has 0 atom stereocenters. The summed E-state index contributed by atoms with van der Waals surface area (Å²) >= 11 is 5.87. The monoisotopic (exact) mass is 277 g/mol. The van der Waals surface area contributed by atoms with Crippen LogP contribution in [0.15, 0.2) is 42.6 Å². The van der Waals surface area contributed by atoms with Gasteiger partial charge in [0, 0.05) is 11.8 Å². The average molecular weight is 278 g/mol. The van der Waals surface area contributed by atoms with E-state index in [2.05, 4.69) is 4.98 Å². The molecule has 1 aromatic carbocycles. The second-order valence-electron chi connectivity index (χ2n) is 3.71. The van der Waals surface area contributed by atoms with Gasteiger partial charge >= 0.3 is 5.97 Å². The number of carboxylic acid groups (broad SMARTS) is 1. The Labute approximate surface area is 114 Å². The van der Waals surface area contributed by atoms with Gasteiger partial charge in [0.1, 0.15) is 5.82 Å². The number of aliphatic carboxylic acids is 1. The lowest BCUT2D eigenvalue weighted by Crippen LogP contribution is -2.02. The molecule has 2 rings (SSSR count). The summed E-state index contributed by atoms with van der Waals surface area (Å²) in [6.07, 6.45) is 2.65. The van der Waals surface area contributed by atoms with Crippen molar-refractivity contribution in [3.8, 4) is 0 Å². The van der Waals surface area contributed by atoms with Crippen molar-refractivity contribution in [3.05, 3.63) is 64.7 Å². The Kier molecular flexibility index (Phi) is 3.92. The summed E-state index contributed by atoms with van der Waals surface area (Å²) in [6, 6.07) is 9.02. The van der Waals surface area contributed by atoms with Crippen LogP contribution in [0, 0.1) is 5.82 Å². The topological polar surface area (TPSA) is 50.2 Å². The predicted octanol–water partition coefficient (Wildman–Crippen LogP) is 3.50. The molecule has 5 heteroatoms. The summed E-state index contributed by atoms with van der Waals surface area (Å²) in [5, 5.41) is 9.34. The summed E-state index contributed by atoms with van der Waals surface area (Å²) in [6.45, 7) is 0. The Morgan fingerprint density at radius 1 is 1.26 bits per heavy atom. The highest BCUT2D eigenvalue weighted by Crippen LogP contribution is 2.24. The fourth-order valence-corrected chi connectivity index (χ4v) is 1.78. The van der Waals surface area contributed by atoms with Gasteiger partial charge in [0.05, 0.1) is 16.3 Å². The number of aromatic nitrogens is 1. The Bertz CT molecular complexity index is 621. The molecular weight excluding hydrogens is 269 g/mol. The van der Waals surface area contributed by atoms with Gasteiger partial charge in [-0.15, -0.1) is 0 Å². The molecule has 0 aliphatic carbocycles. The van der Waals surface area contributed by atoms with Gasteiger partial charge in [0.2, 0.25) is 0 Å². The lowest BCUT2D eigenvalue weighted by Gasteiger charge is -2.04. The third-order valence-electron chi connectivity index (χ3n) is 2.46. The van der Waals surface area contributed by atoms with Crippen molar-refractivity contribution in [3.63, 3.8) is 0 Å². The van der Waals surface area contributed by atoms with Gasteiger partial charge in [-0.05, 0) is 30.3 Å². The minimum atomic E-state index is -1.20. The summed E-state index contributed by atoms with van der Waals surface area (Å²) in [5.41, 5.74) is 0.161. The van der Waals surface area contributed by atoms with Crippen molar-refractivity contribution in [1.82, 2.24) is 4.98 Å². The van der Waals surface area contributed by atoms with Crippen LogP contribution in [0.3, 0.4) is 0 Å². The lowest BCUT2D eigenvalue weighted by atomic mass is 10.1. The van der Waals surface area contributed by atoms with E-state index in [1.165, 1.54) is 36.5 Å². The van der Waals surface area contributed by atoms with Crippen LogP contribution >= 0.6 is 11.6 Å². The molecule has 0 saturated carbocycles. The van der Waals surface area contributed by atoms with Crippen molar-refractivity contribution < 1.29 is 14.3 Å². The van der Waals surface area contributed by atoms with E-state index in [0.717, 1.165) is 0 Å². The van der Waals surface area contributed by atoms with Crippen molar-refractivity contribution >= 4 is 29.2 Å². The van der Waals surface area contributed by atoms with Crippen molar-refractivity contribution in [2.75, 3.05) is 0 Å². The van der Waals surface area contributed by atoms with Crippen LogP contribution in [-0.4, -0.2) is 16.1 Å². The largest absolute Gasteiger partial charge is 0.478 e. The Hall–Kier alpha value is -2.20. The summed E-state index contributed by atoms with van der Waals surface area (Å²) in [7, 11) is 0. The Balaban J connectivity index is 2.57. The van der Waals surface area contributed by atoms with E-state index in [4.69, 9.17) is 11.6 Å². The first-order valence-corrected chi connectivity index (χ1v) is 5.78. The summed E-state index contributed by atoms with van der Waals surface area (Å²) in [5.74, 6) is -1.78. The highest BCUT2D eigenvalue weighted by atomic mass is 35.5. The number of pyridine rings is 1. The number of rotatable bonds is 3. The van der Waals surface area contributed by atoms with E-state index in [-0.39, 0.29) is 21.9 Å². The molecule has 0 aliphatic rings. The van der Waals surface area contributed by atoms with Crippen molar-refractivity contribution in [2.45, 2.75) is 0 Å². The van der Waals surface area contributed by atoms with Crippen LogP contribution < -0.4 is 0 Å². The number of carbonyl (C=O) groups is 1. The molecule has 0 spiro atoms. The van der Waals surface area contributed by atoms with Gasteiger partial charge < -0.3 is 5.11 Å². The Morgan fingerprint density at radius 2 is 2.05 bits per heavy atom. The molecule has 1 N–H and O–H groups in total. The first-order valence-electron chi connectivity index (χ1n) is 5.40. The van der Waals surface area contributed by atoms with Crippen LogP contribution in [0.5, 0.6) is 0 Å². The number of nitrogens with zero attached hydrogens (tertiary/aromatic N) is 1. The van der Waals surface area contributed by atoms with Crippen LogP contribution in [0.2, 0.25) is 5.02 Å². The number of halogens is 2. The highest BCUT2D eigenvalue weighted by Gasteiger charge is 2.14. The highest BCUT2D eigenvalue weighted by molar-refractivity contribution is 6.33. The van der Waals surface area contributed by atoms with Gasteiger partial charge in [-0.2, -0.15) is 0 Å². The van der Waals surface area contributed by atoms with Crippen LogP contribution in [0.4, 0.5) is 4.39 Å². The lowest BCUT2D eigenvalue weighted by molar-refractivity contribution is -0.130. The molecule has 0 aliphatic heterocycles. The molecule has 3 nitrogen and oxygen atoms in total. The van der Waals surface area contributed by atoms with Gasteiger partial charge in [-0.3, -0.25) is 4.98 Å². The van der Waals surface area contributed by atoms with Gasteiger partial charge in [-0.25, -0.2) is 9.18 Å². The van der Waals surface area contributed by atoms with E-state index >= 15 is 0 Å². The molecule has 19 heavy (non-hydrogen) atoms. The van der Waals surface area contributed by atoms with Crippen LogP contribution in [0.1, 0.15) is 11.3 Å². The van der Waals surface area contributed by atoms with Crippen LogP contribution in [0.25, 0.3) is 11.6 Å². The second-order valence-corrected chi connectivity index (χ2v) is 4.12. The number of hydrogen-bond donors (Lipinski definition) is 1. The summed E-state index contributed by atoms with van der Waals surface area (Å²) < 4.78 is 13.6. The molecule has 0 bridgehead atoms. The molecule has 2 aromatic rings. The SMILES string of the molecule is O=C(O)/C(=C/c1c(F)cccc1Cl)c1ccccn1. The van der Waals surface area contributed by atoms with Gasteiger partial charge in [-0.1, -0.05) is 23.7 Å². The molecular formula is C14H9ClFNO2. The maximum atomic E-state index is 13.6. The van der Waals surface area contributed by atoms with E-state index in [9.17, 15) is 14.3 Å².